The van der Waals surface area contributed by atoms with Crippen molar-refractivity contribution >= 4 is 11.8 Å². The molecule has 0 atom stereocenters. The molecule has 0 aliphatic rings. The number of hydrogen-bond donors (Lipinski definition) is 1. The molecule has 0 unspecified atom stereocenters. The normalized spacial score (nSPS) is 11.0. The molecule has 0 amide bonds. The fourth-order valence-electron chi connectivity index (χ4n) is 0.970. The first kappa shape index (κ1) is 8.65. The molecule has 1 aromatic heterocycles. The van der Waals surface area contributed by atoms with Gasteiger partial charge in [-0.15, -0.1) is 11.8 Å². The van der Waals surface area contributed by atoms with Gasteiger partial charge in [0.1, 0.15) is 5.03 Å². The third kappa shape index (κ3) is 1.59. The summed E-state index contributed by atoms with van der Waals surface area (Å²) in [4.78, 5) is 2.89. The average Bonchev–Trinajstić information content (AvgIpc) is 2.30. The topological polar surface area (TPSA) is 15.8 Å². The van der Waals surface area contributed by atoms with Gasteiger partial charge in [0.2, 0.25) is 0 Å². The Hall–Kier alpha value is -0.440. The van der Waals surface area contributed by atoms with Crippen molar-refractivity contribution in [3.8, 4) is 0 Å². The molecule has 1 rings (SSSR count). The quantitative estimate of drug-likeness (QED) is 0.680. The second kappa shape index (κ2) is 3.30. The van der Waals surface area contributed by atoms with Gasteiger partial charge in [-0.05, 0) is 12.2 Å². The lowest BCUT2D eigenvalue weighted by Crippen LogP contribution is -1.87. The van der Waals surface area contributed by atoms with Gasteiger partial charge in [-0.25, -0.2) is 4.39 Å². The van der Waals surface area contributed by atoms with E-state index in [0.717, 1.165) is 5.56 Å². The second-order valence-electron chi connectivity index (χ2n) is 2.75. The van der Waals surface area contributed by atoms with Crippen LogP contribution in [0.2, 0.25) is 0 Å². The Kier molecular flexibility index (Phi) is 2.60. The highest BCUT2D eigenvalue weighted by molar-refractivity contribution is 7.98. The van der Waals surface area contributed by atoms with E-state index in [1.807, 2.05) is 20.1 Å². The van der Waals surface area contributed by atoms with Crippen molar-refractivity contribution in [1.29, 1.82) is 0 Å². The van der Waals surface area contributed by atoms with E-state index in [4.69, 9.17) is 0 Å². The third-order valence-corrected chi connectivity index (χ3v) is 2.34. The fraction of sp³-hybridized carbons (Fsp3) is 0.500. The Morgan fingerprint density at radius 2 is 2.18 bits per heavy atom. The lowest BCUT2D eigenvalue weighted by molar-refractivity contribution is 0.578. The van der Waals surface area contributed by atoms with E-state index < -0.39 is 0 Å². The Balaban J connectivity index is 3.00. The van der Waals surface area contributed by atoms with Crippen molar-refractivity contribution in [3.05, 3.63) is 17.6 Å². The Bertz CT molecular complexity index is 242. The molecule has 11 heavy (non-hydrogen) atoms. The molecule has 0 spiro atoms. The summed E-state index contributed by atoms with van der Waals surface area (Å²) in [5.74, 6) is 0.166. The van der Waals surface area contributed by atoms with Crippen LogP contribution < -0.4 is 0 Å². The first-order valence-electron chi connectivity index (χ1n) is 3.57. The molecule has 0 aromatic carbocycles. The molecule has 0 saturated carbocycles. The number of hydrogen-bond acceptors (Lipinski definition) is 1. The molecule has 0 aliphatic heterocycles. The number of rotatable bonds is 2. The number of nitrogens with one attached hydrogen (secondary N) is 1. The highest BCUT2D eigenvalue weighted by Gasteiger charge is 2.11. The molecule has 0 bridgehead atoms. The number of aromatic amines is 1. The van der Waals surface area contributed by atoms with Crippen LogP contribution in [0.25, 0.3) is 0 Å². The van der Waals surface area contributed by atoms with Gasteiger partial charge in [0, 0.05) is 11.8 Å². The molecule has 1 aromatic rings. The third-order valence-electron chi connectivity index (χ3n) is 1.64. The average molecular weight is 173 g/mol. The van der Waals surface area contributed by atoms with Gasteiger partial charge in [0.25, 0.3) is 0 Å². The van der Waals surface area contributed by atoms with Crippen molar-refractivity contribution in [2.45, 2.75) is 24.8 Å². The minimum absolute atomic E-state index is 0.0903. The van der Waals surface area contributed by atoms with Crippen molar-refractivity contribution in [2.24, 2.45) is 0 Å². The van der Waals surface area contributed by atoms with E-state index in [1.165, 1.54) is 11.8 Å². The van der Waals surface area contributed by atoms with Gasteiger partial charge >= 0.3 is 0 Å². The molecule has 0 radical (unpaired) electrons. The van der Waals surface area contributed by atoms with Crippen molar-refractivity contribution in [2.75, 3.05) is 6.26 Å². The maximum absolute atomic E-state index is 13.2. The van der Waals surface area contributed by atoms with Crippen LogP contribution in [0.5, 0.6) is 0 Å². The summed E-state index contributed by atoms with van der Waals surface area (Å²) in [7, 11) is 0. The van der Waals surface area contributed by atoms with Crippen molar-refractivity contribution in [3.63, 3.8) is 0 Å². The molecule has 1 N–H and O–H groups in total. The van der Waals surface area contributed by atoms with Gasteiger partial charge < -0.3 is 4.98 Å². The van der Waals surface area contributed by atoms with Crippen molar-refractivity contribution < 1.29 is 4.39 Å². The highest BCUT2D eigenvalue weighted by atomic mass is 32.2. The van der Waals surface area contributed by atoms with Gasteiger partial charge in [-0.3, -0.25) is 0 Å². The number of halogens is 1. The summed E-state index contributed by atoms with van der Waals surface area (Å²) in [6.45, 7) is 3.96. The second-order valence-corrected chi connectivity index (χ2v) is 3.56. The van der Waals surface area contributed by atoms with Crippen LogP contribution in [0.1, 0.15) is 25.3 Å². The molecule has 62 valence electrons. The van der Waals surface area contributed by atoms with E-state index in [0.29, 0.717) is 5.03 Å². The lowest BCUT2D eigenvalue weighted by atomic mass is 10.1. The van der Waals surface area contributed by atoms with Gasteiger partial charge in [0.15, 0.2) is 5.82 Å². The van der Waals surface area contributed by atoms with Crippen LogP contribution in [0.15, 0.2) is 11.2 Å². The predicted molar refractivity (Wildman–Crippen MR) is 46.6 cm³/mol. The standard InChI is InChI=1S/C8H12FNS/c1-5(2)6-4-10-8(11-3)7(6)9/h4-5,10H,1-3H3. The minimum atomic E-state index is -0.0903. The number of thioether (sulfide) groups is 1. The Morgan fingerprint density at radius 3 is 2.45 bits per heavy atom. The maximum atomic E-state index is 13.2. The first-order chi connectivity index (χ1) is 5.16. The van der Waals surface area contributed by atoms with Crippen LogP contribution >= 0.6 is 11.8 Å². The number of aromatic nitrogens is 1. The zero-order valence-corrected chi connectivity index (χ0v) is 7.76. The molecular weight excluding hydrogens is 161 g/mol. The highest BCUT2D eigenvalue weighted by Crippen LogP contribution is 2.25. The summed E-state index contributed by atoms with van der Waals surface area (Å²) in [6.07, 6.45) is 3.60. The van der Waals surface area contributed by atoms with Gasteiger partial charge in [-0.1, -0.05) is 13.8 Å². The van der Waals surface area contributed by atoms with Crippen LogP contribution in [0.3, 0.4) is 0 Å². The van der Waals surface area contributed by atoms with Gasteiger partial charge in [-0.2, -0.15) is 0 Å². The van der Waals surface area contributed by atoms with E-state index in [1.54, 1.807) is 6.20 Å². The molecule has 3 heteroatoms. The molecular formula is C8H12FNS. The summed E-state index contributed by atoms with van der Waals surface area (Å²) in [6, 6.07) is 0. The number of H-pyrrole nitrogens is 1. The lowest BCUT2D eigenvalue weighted by Gasteiger charge is -1.99. The van der Waals surface area contributed by atoms with E-state index >= 15 is 0 Å². The Labute approximate surface area is 70.4 Å². The molecule has 1 heterocycles. The molecule has 0 aliphatic carbocycles. The largest absolute Gasteiger partial charge is 0.354 e. The molecule has 0 saturated heterocycles. The summed E-state index contributed by atoms with van der Waals surface area (Å²) < 4.78 is 13.2. The van der Waals surface area contributed by atoms with Crippen LogP contribution in [-0.4, -0.2) is 11.2 Å². The smallest absolute Gasteiger partial charge is 0.158 e. The van der Waals surface area contributed by atoms with Crippen LogP contribution in [0.4, 0.5) is 4.39 Å². The van der Waals surface area contributed by atoms with Crippen LogP contribution in [0, 0.1) is 5.82 Å². The zero-order valence-electron chi connectivity index (χ0n) is 6.94. The van der Waals surface area contributed by atoms with E-state index in [9.17, 15) is 4.39 Å². The van der Waals surface area contributed by atoms with Crippen LogP contribution in [-0.2, 0) is 0 Å². The predicted octanol–water partition coefficient (Wildman–Crippen LogP) is 3.00. The minimum Gasteiger partial charge on any atom is -0.354 e. The van der Waals surface area contributed by atoms with Crippen molar-refractivity contribution in [1.82, 2.24) is 4.98 Å². The van der Waals surface area contributed by atoms with Gasteiger partial charge in [0.05, 0.1) is 0 Å². The van der Waals surface area contributed by atoms with E-state index in [2.05, 4.69) is 4.98 Å². The van der Waals surface area contributed by atoms with E-state index in [-0.39, 0.29) is 11.7 Å². The monoisotopic (exact) mass is 173 g/mol. The summed E-state index contributed by atoms with van der Waals surface area (Å²) in [5.41, 5.74) is 0.773. The Morgan fingerprint density at radius 1 is 1.55 bits per heavy atom. The maximum Gasteiger partial charge on any atom is 0.158 e. The molecule has 0 fully saturated rings. The first-order valence-corrected chi connectivity index (χ1v) is 4.80. The molecule has 1 nitrogen and oxygen atoms in total. The fourth-order valence-corrected chi connectivity index (χ4v) is 1.44. The SMILES string of the molecule is CSc1[nH]cc(C(C)C)c1F. The summed E-state index contributed by atoms with van der Waals surface area (Å²) >= 11 is 1.40. The zero-order chi connectivity index (χ0) is 8.43. The summed E-state index contributed by atoms with van der Waals surface area (Å²) in [5, 5.41) is 0.633.